The molecule has 2 rings (SSSR count). The van der Waals surface area contributed by atoms with E-state index in [9.17, 15) is 4.79 Å². The van der Waals surface area contributed by atoms with Gasteiger partial charge in [-0.15, -0.1) is 0 Å². The molecule has 2 unspecified atom stereocenters. The van der Waals surface area contributed by atoms with Gasteiger partial charge in [0, 0.05) is 19.1 Å². The van der Waals surface area contributed by atoms with E-state index in [1.165, 1.54) is 12.7 Å². The molecular formula is C15H21NO2. The second-order valence-electron chi connectivity index (χ2n) is 5.11. The zero-order valence-electron chi connectivity index (χ0n) is 11.3. The van der Waals surface area contributed by atoms with Crippen LogP contribution < -0.4 is 0 Å². The maximum absolute atomic E-state index is 11.5. The molecule has 3 nitrogen and oxygen atoms in total. The van der Waals surface area contributed by atoms with Gasteiger partial charge in [-0.3, -0.25) is 9.69 Å². The van der Waals surface area contributed by atoms with Gasteiger partial charge < -0.3 is 4.74 Å². The minimum atomic E-state index is -0.0907. The van der Waals surface area contributed by atoms with Gasteiger partial charge in [0.2, 0.25) is 0 Å². The van der Waals surface area contributed by atoms with E-state index >= 15 is 0 Å². The van der Waals surface area contributed by atoms with Gasteiger partial charge in [-0.1, -0.05) is 37.3 Å². The van der Waals surface area contributed by atoms with E-state index in [4.69, 9.17) is 4.74 Å². The van der Waals surface area contributed by atoms with E-state index < -0.39 is 0 Å². The Morgan fingerprint density at radius 2 is 1.89 bits per heavy atom. The normalized spacial score (nSPS) is 19.9. The fourth-order valence-corrected chi connectivity index (χ4v) is 2.50. The summed E-state index contributed by atoms with van der Waals surface area (Å²) in [7, 11) is 1.46. The van der Waals surface area contributed by atoms with Crippen LogP contribution >= 0.6 is 0 Å². The van der Waals surface area contributed by atoms with Crippen LogP contribution in [-0.4, -0.2) is 31.1 Å². The van der Waals surface area contributed by atoms with Crippen LogP contribution in [0.1, 0.15) is 25.5 Å². The molecule has 1 aromatic carbocycles. The lowest BCUT2D eigenvalue weighted by Crippen LogP contribution is -2.51. The van der Waals surface area contributed by atoms with Crippen molar-refractivity contribution in [1.82, 2.24) is 4.90 Å². The summed E-state index contributed by atoms with van der Waals surface area (Å²) < 4.78 is 4.79. The van der Waals surface area contributed by atoms with Crippen LogP contribution in [0, 0.1) is 11.8 Å². The van der Waals surface area contributed by atoms with Gasteiger partial charge in [0.25, 0.3) is 0 Å². The first-order valence-electron chi connectivity index (χ1n) is 6.50. The standard InChI is InChI=1S/C15H21NO2/c1-11(15(17)18-3)14-9-16(10-14)12(2)13-7-5-4-6-8-13/h4-8,11-12,14H,9-10H2,1-3H3. The SMILES string of the molecule is COC(=O)C(C)C1CN(C(C)c2ccccc2)C1. The number of esters is 1. The summed E-state index contributed by atoms with van der Waals surface area (Å²) >= 11 is 0. The molecule has 1 aromatic rings. The van der Waals surface area contributed by atoms with Crippen LogP contribution in [0.15, 0.2) is 30.3 Å². The molecule has 18 heavy (non-hydrogen) atoms. The fourth-order valence-electron chi connectivity index (χ4n) is 2.50. The second kappa shape index (κ2) is 5.53. The summed E-state index contributed by atoms with van der Waals surface area (Å²) in [5.41, 5.74) is 1.33. The van der Waals surface area contributed by atoms with Gasteiger partial charge in [-0.25, -0.2) is 0 Å². The molecule has 1 heterocycles. The maximum atomic E-state index is 11.5. The van der Waals surface area contributed by atoms with Gasteiger partial charge in [-0.05, 0) is 18.4 Å². The second-order valence-corrected chi connectivity index (χ2v) is 5.11. The number of nitrogens with zero attached hydrogens (tertiary/aromatic N) is 1. The van der Waals surface area contributed by atoms with Gasteiger partial charge in [0.1, 0.15) is 0 Å². The quantitative estimate of drug-likeness (QED) is 0.766. The molecule has 1 fully saturated rings. The molecule has 1 aliphatic heterocycles. The largest absolute Gasteiger partial charge is 0.469 e. The summed E-state index contributed by atoms with van der Waals surface area (Å²) in [5, 5.41) is 0. The Morgan fingerprint density at radius 1 is 1.28 bits per heavy atom. The Bertz CT molecular complexity index is 398. The first-order valence-corrected chi connectivity index (χ1v) is 6.50. The first-order chi connectivity index (χ1) is 8.63. The lowest BCUT2D eigenvalue weighted by atomic mass is 9.85. The number of carbonyl (C=O) groups excluding carboxylic acids is 1. The van der Waals surface area contributed by atoms with E-state index in [0.29, 0.717) is 12.0 Å². The van der Waals surface area contributed by atoms with Crippen LogP contribution in [0.4, 0.5) is 0 Å². The highest BCUT2D eigenvalue weighted by atomic mass is 16.5. The molecule has 0 N–H and O–H groups in total. The highest BCUT2D eigenvalue weighted by molar-refractivity contribution is 5.72. The molecule has 0 saturated carbocycles. The van der Waals surface area contributed by atoms with Crippen molar-refractivity contribution in [2.75, 3.05) is 20.2 Å². The topological polar surface area (TPSA) is 29.5 Å². The van der Waals surface area contributed by atoms with Crippen molar-refractivity contribution in [2.45, 2.75) is 19.9 Å². The van der Waals surface area contributed by atoms with E-state index in [1.807, 2.05) is 13.0 Å². The highest BCUT2D eigenvalue weighted by Crippen LogP contribution is 2.32. The molecule has 98 valence electrons. The molecule has 0 aromatic heterocycles. The monoisotopic (exact) mass is 247 g/mol. The molecule has 2 atom stereocenters. The number of carbonyl (C=O) groups is 1. The summed E-state index contributed by atoms with van der Waals surface area (Å²) in [6, 6.07) is 10.9. The fraction of sp³-hybridized carbons (Fsp3) is 0.533. The third kappa shape index (κ3) is 2.56. The van der Waals surface area contributed by atoms with Gasteiger partial charge in [0.15, 0.2) is 0 Å². The van der Waals surface area contributed by atoms with E-state index in [2.05, 4.69) is 36.1 Å². The van der Waals surface area contributed by atoms with Crippen molar-refractivity contribution in [2.24, 2.45) is 11.8 Å². The zero-order valence-corrected chi connectivity index (χ0v) is 11.3. The van der Waals surface area contributed by atoms with Crippen LogP contribution in [0.3, 0.4) is 0 Å². The van der Waals surface area contributed by atoms with Crippen molar-refractivity contribution in [1.29, 1.82) is 0 Å². The van der Waals surface area contributed by atoms with Crippen LogP contribution in [-0.2, 0) is 9.53 Å². The van der Waals surface area contributed by atoms with Crippen molar-refractivity contribution in [3.05, 3.63) is 35.9 Å². The van der Waals surface area contributed by atoms with E-state index in [-0.39, 0.29) is 11.9 Å². The summed E-state index contributed by atoms with van der Waals surface area (Å²) in [6.45, 7) is 6.13. The average molecular weight is 247 g/mol. The zero-order chi connectivity index (χ0) is 13.1. The minimum Gasteiger partial charge on any atom is -0.469 e. The summed E-state index contributed by atoms with van der Waals surface area (Å²) in [5.74, 6) is 0.352. The van der Waals surface area contributed by atoms with Crippen LogP contribution in [0.5, 0.6) is 0 Å². The summed E-state index contributed by atoms with van der Waals surface area (Å²) in [4.78, 5) is 13.9. The number of benzene rings is 1. The number of ether oxygens (including phenoxy) is 1. The number of rotatable bonds is 4. The number of likely N-dealkylation sites (tertiary alicyclic amines) is 1. The Balaban J connectivity index is 1.88. The lowest BCUT2D eigenvalue weighted by molar-refractivity contribution is -0.149. The molecular weight excluding hydrogens is 226 g/mol. The number of methoxy groups -OCH3 is 1. The first kappa shape index (κ1) is 13.1. The maximum Gasteiger partial charge on any atom is 0.308 e. The molecule has 3 heteroatoms. The molecule has 0 radical (unpaired) electrons. The van der Waals surface area contributed by atoms with Gasteiger partial charge in [0.05, 0.1) is 13.0 Å². The number of hydrogen-bond acceptors (Lipinski definition) is 3. The highest BCUT2D eigenvalue weighted by Gasteiger charge is 2.37. The third-order valence-electron chi connectivity index (χ3n) is 4.05. The predicted octanol–water partition coefficient (Wildman–Crippen LogP) is 2.49. The minimum absolute atomic E-state index is 0.00854. The Labute approximate surface area is 109 Å². The molecule has 1 aliphatic rings. The third-order valence-corrected chi connectivity index (χ3v) is 4.05. The predicted molar refractivity (Wildman–Crippen MR) is 71.1 cm³/mol. The van der Waals surface area contributed by atoms with Crippen molar-refractivity contribution in [3.8, 4) is 0 Å². The van der Waals surface area contributed by atoms with E-state index in [0.717, 1.165) is 13.1 Å². The van der Waals surface area contributed by atoms with Gasteiger partial charge in [-0.2, -0.15) is 0 Å². The Kier molecular flexibility index (Phi) is 4.02. The van der Waals surface area contributed by atoms with Crippen LogP contribution in [0.2, 0.25) is 0 Å². The Hall–Kier alpha value is -1.35. The molecule has 0 bridgehead atoms. The Morgan fingerprint density at radius 3 is 2.44 bits per heavy atom. The van der Waals surface area contributed by atoms with Crippen molar-refractivity contribution >= 4 is 5.97 Å². The van der Waals surface area contributed by atoms with Crippen molar-refractivity contribution in [3.63, 3.8) is 0 Å². The molecule has 0 spiro atoms. The summed E-state index contributed by atoms with van der Waals surface area (Å²) in [6.07, 6.45) is 0. The molecule has 0 aliphatic carbocycles. The lowest BCUT2D eigenvalue weighted by Gasteiger charge is -2.45. The number of hydrogen-bond donors (Lipinski definition) is 0. The smallest absolute Gasteiger partial charge is 0.308 e. The molecule has 1 saturated heterocycles. The van der Waals surface area contributed by atoms with Crippen molar-refractivity contribution < 1.29 is 9.53 Å². The van der Waals surface area contributed by atoms with Gasteiger partial charge >= 0.3 is 5.97 Å². The average Bonchev–Trinajstić information content (AvgIpc) is 2.36. The van der Waals surface area contributed by atoms with E-state index in [1.54, 1.807) is 0 Å². The molecule has 0 amide bonds. The van der Waals surface area contributed by atoms with Crippen LogP contribution in [0.25, 0.3) is 0 Å².